The zero-order valence-electron chi connectivity index (χ0n) is 17.3. The second-order valence-electron chi connectivity index (χ2n) is 7.36. The van der Waals surface area contributed by atoms with E-state index in [2.05, 4.69) is 45.7 Å². The summed E-state index contributed by atoms with van der Waals surface area (Å²) in [7, 11) is -0.0962. The second kappa shape index (κ2) is 9.80. The van der Waals surface area contributed by atoms with E-state index in [1.54, 1.807) is 23.3 Å². The number of hydrogen-bond acceptors (Lipinski definition) is 7. The van der Waals surface area contributed by atoms with E-state index in [0.717, 1.165) is 40.5 Å². The van der Waals surface area contributed by atoms with Crippen LogP contribution in [0.5, 0.6) is 0 Å². The van der Waals surface area contributed by atoms with Gasteiger partial charge in [0.05, 0.1) is 16.4 Å². The Bertz CT molecular complexity index is 1030. The van der Waals surface area contributed by atoms with Crippen molar-refractivity contribution >= 4 is 55.2 Å². The molecule has 0 radical (unpaired) electrons. The maximum atomic E-state index is 5.83. The van der Waals surface area contributed by atoms with Crippen LogP contribution in [0.25, 0.3) is 10.2 Å². The Labute approximate surface area is 189 Å². The molecule has 0 saturated carbocycles. The van der Waals surface area contributed by atoms with Crippen molar-refractivity contribution in [3.8, 4) is 0 Å². The first-order valence-electron chi connectivity index (χ1n) is 10.3. The summed E-state index contributed by atoms with van der Waals surface area (Å²) in [5, 5.41) is 0.996. The van der Waals surface area contributed by atoms with Crippen molar-refractivity contribution in [1.82, 2.24) is 9.29 Å². The normalized spacial score (nSPS) is 16.3. The van der Waals surface area contributed by atoms with Gasteiger partial charge in [-0.3, -0.25) is 8.61 Å². The van der Waals surface area contributed by atoms with Gasteiger partial charge in [0.1, 0.15) is 0 Å². The number of piperidine rings is 1. The Hall–Kier alpha value is -1.42. The first-order chi connectivity index (χ1) is 14.5. The summed E-state index contributed by atoms with van der Waals surface area (Å²) in [5.41, 5.74) is 13.6. The zero-order chi connectivity index (χ0) is 21.1. The second-order valence-corrected chi connectivity index (χ2v) is 11.2. The van der Waals surface area contributed by atoms with Gasteiger partial charge in [-0.1, -0.05) is 46.4 Å². The maximum Gasteiger partial charge on any atom is 0.196 e. The quantitative estimate of drug-likeness (QED) is 0.287. The van der Waals surface area contributed by atoms with E-state index in [1.165, 1.54) is 29.1 Å². The molecule has 4 rings (SSSR count). The summed E-state index contributed by atoms with van der Waals surface area (Å²) in [5.74, 6) is 4.48. The van der Waals surface area contributed by atoms with Gasteiger partial charge in [-0.2, -0.15) is 0 Å². The first kappa shape index (κ1) is 21.8. The SMILES string of the molecule is C=S(c1cccc(SN(CC)c2nc3ccc(C(N)N)cc3s2)c1)N1CCCCC1. The van der Waals surface area contributed by atoms with E-state index in [4.69, 9.17) is 16.5 Å². The summed E-state index contributed by atoms with van der Waals surface area (Å²) in [6.07, 6.45) is 3.45. The molecule has 4 N–H and O–H groups in total. The van der Waals surface area contributed by atoms with E-state index in [0.29, 0.717) is 0 Å². The number of benzene rings is 2. The van der Waals surface area contributed by atoms with Crippen molar-refractivity contribution < 1.29 is 0 Å². The standard InChI is InChI=1S/C22H29N5S3/c1-3-27(22-25-19-11-10-16(21(23)24)14-20(19)28-22)29-17-8-7-9-18(15-17)30(2)26-12-5-4-6-13-26/h7-11,14-15,21H,2-6,12-13,23-24H2,1H3. The molecular weight excluding hydrogens is 430 g/mol. The predicted molar refractivity (Wildman–Crippen MR) is 134 cm³/mol. The fourth-order valence-corrected chi connectivity index (χ4v) is 7.12. The third kappa shape index (κ3) is 4.90. The Morgan fingerprint density at radius 2 is 2.00 bits per heavy atom. The average molecular weight is 460 g/mol. The van der Waals surface area contributed by atoms with Crippen LogP contribution in [-0.2, 0) is 0 Å². The third-order valence-corrected chi connectivity index (χ3v) is 9.27. The van der Waals surface area contributed by atoms with Crippen LogP contribution in [0.2, 0.25) is 0 Å². The van der Waals surface area contributed by atoms with Gasteiger partial charge in [0.25, 0.3) is 0 Å². The van der Waals surface area contributed by atoms with Gasteiger partial charge in [-0.25, -0.2) is 4.98 Å². The molecule has 8 heteroatoms. The molecule has 0 amide bonds. The van der Waals surface area contributed by atoms with Gasteiger partial charge >= 0.3 is 0 Å². The monoisotopic (exact) mass is 459 g/mol. The van der Waals surface area contributed by atoms with Crippen LogP contribution in [0.15, 0.2) is 52.3 Å². The molecule has 1 fully saturated rings. The minimum atomic E-state index is -0.462. The Morgan fingerprint density at radius 3 is 2.73 bits per heavy atom. The van der Waals surface area contributed by atoms with Crippen LogP contribution in [0, 0.1) is 0 Å². The predicted octanol–water partition coefficient (Wildman–Crippen LogP) is 5.21. The van der Waals surface area contributed by atoms with E-state index in [9.17, 15) is 0 Å². The number of fused-ring (bicyclic) bond motifs is 1. The summed E-state index contributed by atoms with van der Waals surface area (Å²) in [6.45, 7) is 5.33. The van der Waals surface area contributed by atoms with Gasteiger partial charge in [0.2, 0.25) is 0 Å². The highest BCUT2D eigenvalue weighted by molar-refractivity contribution is 8.12. The van der Waals surface area contributed by atoms with Crippen molar-refractivity contribution in [2.45, 2.75) is 42.1 Å². The molecular formula is C22H29N5S3. The number of thiazole rings is 1. The van der Waals surface area contributed by atoms with Crippen LogP contribution in [0.4, 0.5) is 5.13 Å². The Morgan fingerprint density at radius 1 is 1.20 bits per heavy atom. The fourth-order valence-electron chi connectivity index (χ4n) is 3.52. The highest BCUT2D eigenvalue weighted by Crippen LogP contribution is 2.38. The maximum absolute atomic E-state index is 5.83. The number of nitrogens with two attached hydrogens (primary N) is 2. The molecule has 1 saturated heterocycles. The lowest BCUT2D eigenvalue weighted by Crippen LogP contribution is -2.24. The Balaban J connectivity index is 1.53. The van der Waals surface area contributed by atoms with Gasteiger partial charge in [-0.15, -0.1) is 0 Å². The summed E-state index contributed by atoms with van der Waals surface area (Å²) >= 11 is 3.41. The molecule has 30 heavy (non-hydrogen) atoms. The highest BCUT2D eigenvalue weighted by Gasteiger charge is 2.16. The van der Waals surface area contributed by atoms with Gasteiger partial charge in [0, 0.05) is 29.4 Å². The molecule has 0 bridgehead atoms. The van der Waals surface area contributed by atoms with Crippen LogP contribution in [-0.4, -0.2) is 34.8 Å². The molecule has 0 spiro atoms. The van der Waals surface area contributed by atoms with Crippen molar-refractivity contribution in [2.24, 2.45) is 11.5 Å². The lowest BCUT2D eigenvalue weighted by atomic mass is 10.2. The van der Waals surface area contributed by atoms with E-state index in [-0.39, 0.29) is 10.7 Å². The molecule has 1 unspecified atom stereocenters. The zero-order valence-corrected chi connectivity index (χ0v) is 19.7. The van der Waals surface area contributed by atoms with E-state index < -0.39 is 6.17 Å². The van der Waals surface area contributed by atoms with Crippen LogP contribution >= 0.6 is 34.0 Å². The Kier molecular flexibility index (Phi) is 7.12. The van der Waals surface area contributed by atoms with Crippen LogP contribution in [0.1, 0.15) is 37.9 Å². The van der Waals surface area contributed by atoms with E-state index in [1.807, 2.05) is 18.2 Å². The first-order valence-corrected chi connectivity index (χ1v) is 13.3. The van der Waals surface area contributed by atoms with Gasteiger partial charge in [-0.05, 0) is 67.6 Å². The summed E-state index contributed by atoms with van der Waals surface area (Å²) < 4.78 is 5.88. The largest absolute Gasteiger partial charge is 0.312 e. The number of aromatic nitrogens is 1. The minimum absolute atomic E-state index is 0.0962. The fraction of sp³-hybridized carbons (Fsp3) is 0.364. The molecule has 0 aliphatic carbocycles. The smallest absolute Gasteiger partial charge is 0.196 e. The molecule has 1 aliphatic heterocycles. The number of anilines is 1. The molecule has 160 valence electrons. The summed E-state index contributed by atoms with van der Waals surface area (Å²) in [6, 6.07) is 14.8. The van der Waals surface area contributed by atoms with Crippen molar-refractivity contribution in [3.63, 3.8) is 0 Å². The van der Waals surface area contributed by atoms with Crippen molar-refractivity contribution in [1.29, 1.82) is 0 Å². The van der Waals surface area contributed by atoms with Crippen molar-refractivity contribution in [2.75, 3.05) is 23.9 Å². The number of nitrogens with zero attached hydrogens (tertiary/aromatic N) is 3. The molecule has 1 aromatic heterocycles. The molecule has 1 aliphatic rings. The van der Waals surface area contributed by atoms with Crippen molar-refractivity contribution in [3.05, 3.63) is 48.0 Å². The van der Waals surface area contributed by atoms with Gasteiger partial charge < -0.3 is 11.5 Å². The topological polar surface area (TPSA) is 71.4 Å². The lowest BCUT2D eigenvalue weighted by Gasteiger charge is -2.29. The molecule has 1 atom stereocenters. The van der Waals surface area contributed by atoms with Crippen LogP contribution < -0.4 is 15.8 Å². The van der Waals surface area contributed by atoms with Crippen LogP contribution in [0.3, 0.4) is 0 Å². The van der Waals surface area contributed by atoms with E-state index >= 15 is 0 Å². The average Bonchev–Trinajstić information content (AvgIpc) is 3.21. The number of rotatable bonds is 7. The molecule has 2 heterocycles. The summed E-state index contributed by atoms with van der Waals surface area (Å²) in [4.78, 5) is 7.36. The molecule has 5 nitrogen and oxygen atoms in total. The highest BCUT2D eigenvalue weighted by atomic mass is 32.2. The molecule has 3 aromatic rings. The third-order valence-electron chi connectivity index (χ3n) is 5.21. The lowest BCUT2D eigenvalue weighted by molar-refractivity contribution is 0.379. The minimum Gasteiger partial charge on any atom is -0.312 e. The van der Waals surface area contributed by atoms with Gasteiger partial charge in [0.15, 0.2) is 5.13 Å². The number of hydrogen-bond donors (Lipinski definition) is 2. The molecule has 2 aromatic carbocycles.